The molecule has 0 heterocycles. The van der Waals surface area contributed by atoms with E-state index in [9.17, 15) is 4.79 Å². The predicted molar refractivity (Wildman–Crippen MR) is 66.7 cm³/mol. The van der Waals surface area contributed by atoms with Crippen molar-refractivity contribution in [3.05, 3.63) is 35.9 Å². The highest BCUT2D eigenvalue weighted by atomic mass is 16.7. The molecule has 90 valence electrons. The van der Waals surface area contributed by atoms with Gasteiger partial charge in [0.05, 0.1) is 12.6 Å². The van der Waals surface area contributed by atoms with Crippen LogP contribution in [0.2, 0.25) is 0 Å². The monoisotopic (exact) mass is 231 g/mol. The molecule has 1 aliphatic carbocycles. The molecule has 3 nitrogen and oxygen atoms in total. The first-order valence-corrected chi connectivity index (χ1v) is 6.13. The van der Waals surface area contributed by atoms with Crippen molar-refractivity contribution in [3.63, 3.8) is 0 Å². The summed E-state index contributed by atoms with van der Waals surface area (Å²) < 4.78 is 0. The average molecular weight is 231 g/mol. The van der Waals surface area contributed by atoms with E-state index in [1.807, 2.05) is 30.3 Å². The largest absolute Gasteiger partial charge is 0.335 e. The molecule has 1 aromatic carbocycles. The maximum atomic E-state index is 11.5. The molecule has 0 atom stereocenters. The standard InChI is InChI=1S/C14H17NO2/c16-14(10-12-6-4-5-7-12)17-15-11-13-8-2-1-3-9-13/h1-3,8-9,11-12H,4-7,10H2. The zero-order valence-electron chi connectivity index (χ0n) is 9.84. The summed E-state index contributed by atoms with van der Waals surface area (Å²) in [5.74, 6) is 0.290. The third-order valence-corrected chi connectivity index (χ3v) is 3.09. The van der Waals surface area contributed by atoms with Crippen LogP contribution in [0.5, 0.6) is 0 Å². The van der Waals surface area contributed by atoms with Gasteiger partial charge in [-0.05, 0) is 24.3 Å². The van der Waals surface area contributed by atoms with Gasteiger partial charge in [-0.25, -0.2) is 4.79 Å². The minimum absolute atomic E-state index is 0.218. The van der Waals surface area contributed by atoms with Crippen LogP contribution < -0.4 is 0 Å². The van der Waals surface area contributed by atoms with Crippen LogP contribution in [0, 0.1) is 5.92 Å². The molecule has 0 N–H and O–H groups in total. The first-order chi connectivity index (χ1) is 8.34. The van der Waals surface area contributed by atoms with Crippen LogP contribution in [0.1, 0.15) is 37.7 Å². The van der Waals surface area contributed by atoms with Crippen molar-refractivity contribution >= 4 is 12.2 Å². The molecule has 0 bridgehead atoms. The zero-order chi connectivity index (χ0) is 11.9. The molecule has 0 unspecified atom stereocenters. The topological polar surface area (TPSA) is 38.7 Å². The molecule has 0 radical (unpaired) electrons. The SMILES string of the molecule is O=C(CC1CCCC1)ON=Cc1ccccc1. The Balaban J connectivity index is 1.74. The van der Waals surface area contributed by atoms with Gasteiger partial charge in [0.1, 0.15) is 0 Å². The summed E-state index contributed by atoms with van der Waals surface area (Å²) in [5.41, 5.74) is 0.932. The van der Waals surface area contributed by atoms with Gasteiger partial charge in [-0.1, -0.05) is 48.3 Å². The van der Waals surface area contributed by atoms with Gasteiger partial charge in [0, 0.05) is 0 Å². The van der Waals surface area contributed by atoms with Gasteiger partial charge >= 0.3 is 5.97 Å². The lowest BCUT2D eigenvalue weighted by molar-refractivity contribution is -0.144. The van der Waals surface area contributed by atoms with E-state index in [-0.39, 0.29) is 5.97 Å². The van der Waals surface area contributed by atoms with Crippen molar-refractivity contribution in [2.45, 2.75) is 32.1 Å². The fraction of sp³-hybridized carbons (Fsp3) is 0.429. The molecule has 0 amide bonds. The normalized spacial score (nSPS) is 16.5. The number of hydrogen-bond donors (Lipinski definition) is 0. The number of benzene rings is 1. The van der Waals surface area contributed by atoms with Crippen LogP contribution in [0.15, 0.2) is 35.5 Å². The quantitative estimate of drug-likeness (QED) is 0.453. The third kappa shape index (κ3) is 4.02. The molecule has 1 aromatic rings. The summed E-state index contributed by atoms with van der Waals surface area (Å²) in [6, 6.07) is 9.59. The molecule has 1 saturated carbocycles. The Labute approximate surface area is 101 Å². The Morgan fingerprint density at radius 2 is 2.00 bits per heavy atom. The van der Waals surface area contributed by atoms with Gasteiger partial charge < -0.3 is 4.84 Å². The van der Waals surface area contributed by atoms with E-state index in [1.54, 1.807) is 6.21 Å². The summed E-state index contributed by atoms with van der Waals surface area (Å²) in [6.07, 6.45) is 6.85. The Hall–Kier alpha value is -1.64. The second-order valence-electron chi connectivity index (χ2n) is 4.46. The summed E-state index contributed by atoms with van der Waals surface area (Å²) in [7, 11) is 0. The Bertz CT molecular complexity index is 380. The van der Waals surface area contributed by atoms with E-state index in [2.05, 4.69) is 5.16 Å². The van der Waals surface area contributed by atoms with Gasteiger partial charge in [-0.2, -0.15) is 0 Å². The number of oxime groups is 1. The average Bonchev–Trinajstić information content (AvgIpc) is 2.83. The molecule has 17 heavy (non-hydrogen) atoms. The Kier molecular flexibility index (Phi) is 4.30. The minimum Gasteiger partial charge on any atom is -0.318 e. The second-order valence-corrected chi connectivity index (χ2v) is 4.46. The second kappa shape index (κ2) is 6.18. The van der Waals surface area contributed by atoms with E-state index in [0.717, 1.165) is 18.4 Å². The van der Waals surface area contributed by atoms with Crippen LogP contribution >= 0.6 is 0 Å². The molecular weight excluding hydrogens is 214 g/mol. The van der Waals surface area contributed by atoms with Gasteiger partial charge in [0.15, 0.2) is 0 Å². The molecular formula is C14H17NO2. The van der Waals surface area contributed by atoms with Crippen molar-refractivity contribution in [2.75, 3.05) is 0 Å². The molecule has 0 aromatic heterocycles. The van der Waals surface area contributed by atoms with Crippen molar-refractivity contribution in [1.82, 2.24) is 0 Å². The van der Waals surface area contributed by atoms with Crippen molar-refractivity contribution in [3.8, 4) is 0 Å². The molecule has 1 fully saturated rings. The van der Waals surface area contributed by atoms with E-state index in [0.29, 0.717) is 12.3 Å². The maximum Gasteiger partial charge on any atom is 0.335 e. The maximum absolute atomic E-state index is 11.5. The molecule has 3 heteroatoms. The third-order valence-electron chi connectivity index (χ3n) is 3.09. The van der Waals surface area contributed by atoms with Gasteiger partial charge in [0.2, 0.25) is 0 Å². The lowest BCUT2D eigenvalue weighted by atomic mass is 10.1. The number of carbonyl (C=O) groups is 1. The van der Waals surface area contributed by atoms with Crippen molar-refractivity contribution in [2.24, 2.45) is 11.1 Å². The summed E-state index contributed by atoms with van der Waals surface area (Å²) in [4.78, 5) is 16.3. The van der Waals surface area contributed by atoms with E-state index >= 15 is 0 Å². The lowest BCUT2D eigenvalue weighted by Crippen LogP contribution is -2.06. The number of rotatable bonds is 4. The molecule has 2 rings (SSSR count). The van der Waals surface area contributed by atoms with E-state index in [4.69, 9.17) is 4.84 Å². The minimum atomic E-state index is -0.218. The summed E-state index contributed by atoms with van der Waals surface area (Å²) in [5, 5.41) is 3.71. The van der Waals surface area contributed by atoms with Crippen LogP contribution in [-0.4, -0.2) is 12.2 Å². The highest BCUT2D eigenvalue weighted by Crippen LogP contribution is 2.27. The van der Waals surface area contributed by atoms with Gasteiger partial charge in [-0.3, -0.25) is 0 Å². The summed E-state index contributed by atoms with van der Waals surface area (Å²) in [6.45, 7) is 0. The Morgan fingerprint density at radius 3 is 2.71 bits per heavy atom. The highest BCUT2D eigenvalue weighted by molar-refractivity contribution is 5.80. The zero-order valence-corrected chi connectivity index (χ0v) is 9.84. The molecule has 0 aliphatic heterocycles. The smallest absolute Gasteiger partial charge is 0.318 e. The molecule has 0 saturated heterocycles. The van der Waals surface area contributed by atoms with E-state index in [1.165, 1.54) is 12.8 Å². The lowest BCUT2D eigenvalue weighted by Gasteiger charge is -2.04. The van der Waals surface area contributed by atoms with Crippen LogP contribution in [0.3, 0.4) is 0 Å². The van der Waals surface area contributed by atoms with Gasteiger partial charge in [-0.15, -0.1) is 0 Å². The van der Waals surface area contributed by atoms with Crippen molar-refractivity contribution in [1.29, 1.82) is 0 Å². The predicted octanol–water partition coefficient (Wildman–Crippen LogP) is 3.14. The first kappa shape index (κ1) is 11.8. The Morgan fingerprint density at radius 1 is 1.29 bits per heavy atom. The fourth-order valence-corrected chi connectivity index (χ4v) is 2.17. The molecule has 1 aliphatic rings. The first-order valence-electron chi connectivity index (χ1n) is 6.13. The highest BCUT2D eigenvalue weighted by Gasteiger charge is 2.19. The number of carbonyl (C=O) groups excluding carboxylic acids is 1. The van der Waals surface area contributed by atoms with Crippen LogP contribution in [0.25, 0.3) is 0 Å². The summed E-state index contributed by atoms with van der Waals surface area (Å²) >= 11 is 0. The van der Waals surface area contributed by atoms with Gasteiger partial charge in [0.25, 0.3) is 0 Å². The van der Waals surface area contributed by atoms with Crippen LogP contribution in [0.4, 0.5) is 0 Å². The van der Waals surface area contributed by atoms with Crippen molar-refractivity contribution < 1.29 is 9.63 Å². The molecule has 0 spiro atoms. The van der Waals surface area contributed by atoms with E-state index < -0.39 is 0 Å². The number of nitrogens with zero attached hydrogens (tertiary/aromatic N) is 1. The fourth-order valence-electron chi connectivity index (χ4n) is 2.17. The van der Waals surface area contributed by atoms with Crippen LogP contribution in [-0.2, 0) is 9.63 Å². The number of hydrogen-bond acceptors (Lipinski definition) is 3.